The van der Waals surface area contributed by atoms with Crippen molar-refractivity contribution in [2.75, 3.05) is 18.0 Å². The fourth-order valence-corrected chi connectivity index (χ4v) is 2.04. The van der Waals surface area contributed by atoms with Crippen LogP contribution in [-0.2, 0) is 11.1 Å². The van der Waals surface area contributed by atoms with Gasteiger partial charge in [-0.2, -0.15) is 0 Å². The fourth-order valence-electron chi connectivity index (χ4n) is 1.68. The molecule has 0 aliphatic rings. The van der Waals surface area contributed by atoms with Gasteiger partial charge >= 0.3 is 0 Å². The summed E-state index contributed by atoms with van der Waals surface area (Å²) in [6.45, 7) is 6.30. The van der Waals surface area contributed by atoms with Crippen LogP contribution in [0.15, 0.2) is 29.2 Å². The molecule has 90 valence electrons. The van der Waals surface area contributed by atoms with Gasteiger partial charge in [0, 0.05) is 23.7 Å². The lowest BCUT2D eigenvalue weighted by Gasteiger charge is -2.24. The van der Waals surface area contributed by atoms with Gasteiger partial charge in [-0.3, -0.25) is 4.21 Å². The Bertz CT molecular complexity index is 331. The predicted molar refractivity (Wildman–Crippen MR) is 66.4 cm³/mol. The highest BCUT2D eigenvalue weighted by atomic mass is 32.2. The Hall–Kier alpha value is -0.870. The Morgan fingerprint density at radius 1 is 1.12 bits per heavy atom. The average molecular weight is 240 g/mol. The number of benzene rings is 1. The van der Waals surface area contributed by atoms with E-state index in [0.29, 0.717) is 4.90 Å². The first-order valence-corrected chi connectivity index (χ1v) is 6.70. The van der Waals surface area contributed by atoms with E-state index in [4.69, 9.17) is 0 Å². The SMILES string of the molecule is CCCN(CCC)c1ccc(S(=O)[O-])cc1. The molecule has 0 spiro atoms. The monoisotopic (exact) mass is 240 g/mol. The average Bonchev–Trinajstić information content (AvgIpc) is 2.29. The van der Waals surface area contributed by atoms with E-state index in [1.165, 1.54) is 0 Å². The molecular weight excluding hydrogens is 222 g/mol. The highest BCUT2D eigenvalue weighted by Crippen LogP contribution is 2.17. The maximum Gasteiger partial charge on any atom is 0.0366 e. The number of anilines is 1. The van der Waals surface area contributed by atoms with Crippen molar-refractivity contribution < 1.29 is 8.76 Å². The van der Waals surface area contributed by atoms with Crippen LogP contribution >= 0.6 is 0 Å². The molecule has 3 nitrogen and oxygen atoms in total. The van der Waals surface area contributed by atoms with Gasteiger partial charge in [-0.05, 0) is 48.2 Å². The molecule has 1 atom stereocenters. The van der Waals surface area contributed by atoms with Crippen LogP contribution in [0.3, 0.4) is 0 Å². The zero-order valence-electron chi connectivity index (χ0n) is 9.81. The fraction of sp³-hybridized carbons (Fsp3) is 0.500. The molecule has 0 fully saturated rings. The standard InChI is InChI=1S/C12H19NO2S/c1-3-9-13(10-4-2)11-5-7-12(8-6-11)16(14)15/h5-8H,3-4,9-10H2,1-2H3,(H,14,15)/p-1. The van der Waals surface area contributed by atoms with Crippen LogP contribution in [0, 0.1) is 0 Å². The van der Waals surface area contributed by atoms with Crippen molar-refractivity contribution in [3.63, 3.8) is 0 Å². The van der Waals surface area contributed by atoms with Crippen molar-refractivity contribution >= 4 is 16.8 Å². The Balaban J connectivity index is 2.80. The highest BCUT2D eigenvalue weighted by molar-refractivity contribution is 7.79. The summed E-state index contributed by atoms with van der Waals surface area (Å²) in [4.78, 5) is 2.62. The summed E-state index contributed by atoms with van der Waals surface area (Å²) < 4.78 is 21.4. The van der Waals surface area contributed by atoms with Crippen molar-refractivity contribution in [3.05, 3.63) is 24.3 Å². The smallest absolute Gasteiger partial charge is 0.0366 e. The third-order valence-electron chi connectivity index (χ3n) is 2.38. The van der Waals surface area contributed by atoms with Crippen LogP contribution in [-0.4, -0.2) is 21.9 Å². The zero-order chi connectivity index (χ0) is 12.0. The van der Waals surface area contributed by atoms with Gasteiger partial charge in [-0.15, -0.1) is 0 Å². The molecular formula is C12H18NO2S-. The van der Waals surface area contributed by atoms with E-state index >= 15 is 0 Å². The van der Waals surface area contributed by atoms with Crippen LogP contribution in [0.5, 0.6) is 0 Å². The molecule has 4 heteroatoms. The van der Waals surface area contributed by atoms with E-state index in [2.05, 4.69) is 18.7 Å². The normalized spacial score (nSPS) is 12.4. The van der Waals surface area contributed by atoms with Gasteiger partial charge in [0.1, 0.15) is 0 Å². The molecule has 0 aliphatic heterocycles. The van der Waals surface area contributed by atoms with E-state index in [-0.39, 0.29) is 0 Å². The molecule has 0 saturated heterocycles. The van der Waals surface area contributed by atoms with E-state index in [0.717, 1.165) is 31.6 Å². The number of rotatable bonds is 6. The minimum absolute atomic E-state index is 0.344. The lowest BCUT2D eigenvalue weighted by Crippen LogP contribution is -2.24. The number of hydrogen-bond acceptors (Lipinski definition) is 3. The molecule has 1 unspecified atom stereocenters. The van der Waals surface area contributed by atoms with Crippen LogP contribution in [0.1, 0.15) is 26.7 Å². The Labute approximate surface area is 99.8 Å². The molecule has 0 amide bonds. The molecule has 1 rings (SSSR count). The molecule has 0 N–H and O–H groups in total. The minimum atomic E-state index is -2.13. The summed E-state index contributed by atoms with van der Waals surface area (Å²) >= 11 is -2.13. The van der Waals surface area contributed by atoms with Crippen LogP contribution < -0.4 is 4.90 Å². The Morgan fingerprint density at radius 3 is 2.00 bits per heavy atom. The summed E-state index contributed by atoms with van der Waals surface area (Å²) in [5.74, 6) is 0. The number of nitrogens with zero attached hydrogens (tertiary/aromatic N) is 1. The lowest BCUT2D eigenvalue weighted by molar-refractivity contribution is 0.537. The summed E-state index contributed by atoms with van der Waals surface area (Å²) in [6.07, 6.45) is 2.18. The third-order valence-corrected chi connectivity index (χ3v) is 3.04. The molecule has 0 saturated carbocycles. The summed E-state index contributed by atoms with van der Waals surface area (Å²) in [5.41, 5.74) is 1.10. The van der Waals surface area contributed by atoms with Gasteiger partial charge in [-0.25, -0.2) is 0 Å². The van der Waals surface area contributed by atoms with Crippen molar-refractivity contribution in [3.8, 4) is 0 Å². The largest absolute Gasteiger partial charge is 0.768 e. The van der Waals surface area contributed by atoms with E-state index in [9.17, 15) is 8.76 Å². The van der Waals surface area contributed by atoms with Gasteiger partial charge in [0.15, 0.2) is 0 Å². The van der Waals surface area contributed by atoms with E-state index in [1.807, 2.05) is 12.1 Å². The highest BCUT2D eigenvalue weighted by Gasteiger charge is 2.03. The summed E-state index contributed by atoms with van der Waals surface area (Å²) in [7, 11) is 0. The molecule has 0 bridgehead atoms. The summed E-state index contributed by atoms with van der Waals surface area (Å²) in [5, 5.41) is 0. The molecule has 0 aliphatic carbocycles. The van der Waals surface area contributed by atoms with Gasteiger partial charge < -0.3 is 9.45 Å². The first-order valence-electron chi connectivity index (χ1n) is 5.63. The molecule has 1 aromatic carbocycles. The predicted octanol–water partition coefficient (Wildman–Crippen LogP) is 2.55. The van der Waals surface area contributed by atoms with Crippen LogP contribution in [0.25, 0.3) is 0 Å². The third kappa shape index (κ3) is 3.61. The van der Waals surface area contributed by atoms with Crippen molar-refractivity contribution in [2.45, 2.75) is 31.6 Å². The van der Waals surface area contributed by atoms with Crippen LogP contribution in [0.4, 0.5) is 5.69 Å². The topological polar surface area (TPSA) is 43.4 Å². The Morgan fingerprint density at radius 2 is 1.62 bits per heavy atom. The molecule has 0 radical (unpaired) electrons. The quantitative estimate of drug-likeness (QED) is 0.718. The van der Waals surface area contributed by atoms with Gasteiger partial charge in [0.2, 0.25) is 0 Å². The summed E-state index contributed by atoms with van der Waals surface area (Å²) in [6, 6.07) is 7.04. The molecule has 1 aromatic rings. The van der Waals surface area contributed by atoms with E-state index in [1.54, 1.807) is 12.1 Å². The molecule has 0 heterocycles. The second-order valence-corrected chi connectivity index (χ2v) is 4.66. The first kappa shape index (κ1) is 13.2. The Kier molecular flexibility index (Phi) is 5.49. The second-order valence-electron chi connectivity index (χ2n) is 3.72. The van der Waals surface area contributed by atoms with Gasteiger partial charge in [0.05, 0.1) is 0 Å². The van der Waals surface area contributed by atoms with Crippen molar-refractivity contribution in [1.82, 2.24) is 0 Å². The lowest BCUT2D eigenvalue weighted by atomic mass is 10.2. The number of hydrogen-bond donors (Lipinski definition) is 0. The molecule has 0 aromatic heterocycles. The van der Waals surface area contributed by atoms with Crippen LogP contribution in [0.2, 0.25) is 0 Å². The molecule has 16 heavy (non-hydrogen) atoms. The maximum atomic E-state index is 10.7. The van der Waals surface area contributed by atoms with Crippen molar-refractivity contribution in [1.29, 1.82) is 0 Å². The van der Waals surface area contributed by atoms with Crippen molar-refractivity contribution in [2.24, 2.45) is 0 Å². The van der Waals surface area contributed by atoms with E-state index < -0.39 is 11.1 Å². The minimum Gasteiger partial charge on any atom is -0.768 e. The maximum absolute atomic E-state index is 10.7. The van der Waals surface area contributed by atoms with Gasteiger partial charge in [0.25, 0.3) is 0 Å². The second kappa shape index (κ2) is 6.66. The zero-order valence-corrected chi connectivity index (χ0v) is 10.6. The first-order chi connectivity index (χ1) is 7.69. The van der Waals surface area contributed by atoms with Gasteiger partial charge in [-0.1, -0.05) is 13.8 Å².